The Bertz CT molecular complexity index is 185. The van der Waals surface area contributed by atoms with Crippen molar-refractivity contribution in [1.82, 2.24) is 0 Å². The van der Waals surface area contributed by atoms with Gasteiger partial charge in [0.05, 0.1) is 6.26 Å². The topological polar surface area (TPSA) is 13.1 Å². The maximum Gasteiger partial charge on any atom is 0.107 e. The van der Waals surface area contributed by atoms with Crippen LogP contribution in [0.4, 0.5) is 0 Å². The lowest BCUT2D eigenvalue weighted by molar-refractivity contribution is 0.523. The third kappa shape index (κ3) is 2.09. The Morgan fingerprint density at radius 1 is 1.50 bits per heavy atom. The SMILES string of the molecule is CC/C=C/Cc1ccco1. The van der Waals surface area contributed by atoms with Crippen LogP contribution in [0.15, 0.2) is 35.0 Å². The first-order chi connectivity index (χ1) is 4.93. The van der Waals surface area contributed by atoms with Crippen molar-refractivity contribution in [3.63, 3.8) is 0 Å². The van der Waals surface area contributed by atoms with E-state index in [0.29, 0.717) is 0 Å². The fourth-order valence-electron chi connectivity index (χ4n) is 0.795. The van der Waals surface area contributed by atoms with E-state index in [0.717, 1.165) is 18.6 Å². The minimum absolute atomic E-state index is 0.918. The zero-order chi connectivity index (χ0) is 7.23. The van der Waals surface area contributed by atoms with Crippen LogP contribution in [0.3, 0.4) is 0 Å². The van der Waals surface area contributed by atoms with Gasteiger partial charge in [-0.3, -0.25) is 0 Å². The van der Waals surface area contributed by atoms with Crippen molar-refractivity contribution in [2.24, 2.45) is 0 Å². The highest BCUT2D eigenvalue weighted by Crippen LogP contribution is 2.01. The van der Waals surface area contributed by atoms with E-state index in [2.05, 4.69) is 19.1 Å². The number of hydrogen-bond acceptors (Lipinski definition) is 1. The molecule has 0 spiro atoms. The third-order valence-corrected chi connectivity index (χ3v) is 1.30. The van der Waals surface area contributed by atoms with Gasteiger partial charge < -0.3 is 4.42 Å². The van der Waals surface area contributed by atoms with Gasteiger partial charge in [-0.15, -0.1) is 0 Å². The maximum absolute atomic E-state index is 5.13. The molecule has 10 heavy (non-hydrogen) atoms. The van der Waals surface area contributed by atoms with Crippen LogP contribution < -0.4 is 0 Å². The van der Waals surface area contributed by atoms with Gasteiger partial charge in [0.2, 0.25) is 0 Å². The summed E-state index contributed by atoms with van der Waals surface area (Å²) in [6, 6.07) is 3.90. The summed E-state index contributed by atoms with van der Waals surface area (Å²) < 4.78 is 5.13. The first-order valence-electron chi connectivity index (χ1n) is 3.61. The van der Waals surface area contributed by atoms with Gasteiger partial charge in [0.25, 0.3) is 0 Å². The van der Waals surface area contributed by atoms with Crippen LogP contribution in [0.25, 0.3) is 0 Å². The molecule has 0 atom stereocenters. The summed E-state index contributed by atoms with van der Waals surface area (Å²) in [5, 5.41) is 0. The minimum Gasteiger partial charge on any atom is -0.469 e. The second kappa shape index (κ2) is 3.94. The highest BCUT2D eigenvalue weighted by molar-refractivity contribution is 5.03. The number of allylic oxidation sites excluding steroid dienone is 2. The van der Waals surface area contributed by atoms with Crippen molar-refractivity contribution < 1.29 is 4.42 Å². The highest BCUT2D eigenvalue weighted by atomic mass is 16.3. The smallest absolute Gasteiger partial charge is 0.107 e. The molecule has 0 aliphatic carbocycles. The van der Waals surface area contributed by atoms with Gasteiger partial charge >= 0.3 is 0 Å². The molecule has 0 amide bonds. The van der Waals surface area contributed by atoms with Crippen molar-refractivity contribution in [2.75, 3.05) is 0 Å². The molecule has 1 aromatic rings. The molecule has 0 aliphatic heterocycles. The predicted molar refractivity (Wildman–Crippen MR) is 41.8 cm³/mol. The molecule has 0 saturated heterocycles. The molecule has 1 aromatic heterocycles. The van der Waals surface area contributed by atoms with E-state index in [-0.39, 0.29) is 0 Å². The van der Waals surface area contributed by atoms with Gasteiger partial charge in [-0.05, 0) is 18.6 Å². The average molecular weight is 136 g/mol. The lowest BCUT2D eigenvalue weighted by Gasteiger charge is -1.85. The first-order valence-corrected chi connectivity index (χ1v) is 3.61. The number of furan rings is 1. The fraction of sp³-hybridized carbons (Fsp3) is 0.333. The van der Waals surface area contributed by atoms with Crippen LogP contribution >= 0.6 is 0 Å². The van der Waals surface area contributed by atoms with Gasteiger partial charge in [0, 0.05) is 6.42 Å². The van der Waals surface area contributed by atoms with E-state index in [1.54, 1.807) is 6.26 Å². The Kier molecular flexibility index (Phi) is 2.81. The van der Waals surface area contributed by atoms with Crippen molar-refractivity contribution in [2.45, 2.75) is 19.8 Å². The molecular weight excluding hydrogens is 124 g/mol. The molecular formula is C9H12O. The molecule has 0 aliphatic rings. The molecule has 0 unspecified atom stereocenters. The van der Waals surface area contributed by atoms with Gasteiger partial charge in [-0.2, -0.15) is 0 Å². The molecule has 1 heteroatoms. The number of hydrogen-bond donors (Lipinski definition) is 0. The van der Waals surface area contributed by atoms with Crippen LogP contribution in [0, 0.1) is 0 Å². The van der Waals surface area contributed by atoms with Crippen LogP contribution in [0.2, 0.25) is 0 Å². The molecule has 1 rings (SSSR count). The summed E-state index contributed by atoms with van der Waals surface area (Å²) in [6.45, 7) is 2.12. The monoisotopic (exact) mass is 136 g/mol. The fourth-order valence-corrected chi connectivity index (χ4v) is 0.795. The van der Waals surface area contributed by atoms with Gasteiger partial charge in [-0.25, -0.2) is 0 Å². The normalized spacial score (nSPS) is 10.9. The zero-order valence-electron chi connectivity index (χ0n) is 6.21. The zero-order valence-corrected chi connectivity index (χ0v) is 6.21. The van der Waals surface area contributed by atoms with E-state index in [9.17, 15) is 0 Å². The molecule has 0 radical (unpaired) electrons. The van der Waals surface area contributed by atoms with Gasteiger partial charge in [0.1, 0.15) is 5.76 Å². The second-order valence-corrected chi connectivity index (χ2v) is 2.16. The van der Waals surface area contributed by atoms with Crippen molar-refractivity contribution in [1.29, 1.82) is 0 Å². The van der Waals surface area contributed by atoms with Crippen molar-refractivity contribution >= 4 is 0 Å². The molecule has 54 valence electrons. The van der Waals surface area contributed by atoms with Crippen LogP contribution in [0.1, 0.15) is 19.1 Å². The molecule has 0 bridgehead atoms. The van der Waals surface area contributed by atoms with Gasteiger partial charge in [-0.1, -0.05) is 19.1 Å². The molecule has 0 N–H and O–H groups in total. The summed E-state index contributed by atoms with van der Waals surface area (Å²) in [5.74, 6) is 1.03. The van der Waals surface area contributed by atoms with E-state index >= 15 is 0 Å². The quantitative estimate of drug-likeness (QED) is 0.582. The summed E-state index contributed by atoms with van der Waals surface area (Å²) in [7, 11) is 0. The molecule has 0 saturated carbocycles. The maximum atomic E-state index is 5.13. The summed E-state index contributed by atoms with van der Waals surface area (Å²) >= 11 is 0. The lowest BCUT2D eigenvalue weighted by atomic mass is 10.3. The summed E-state index contributed by atoms with van der Waals surface area (Å²) in [5.41, 5.74) is 0. The average Bonchev–Trinajstić information content (AvgIpc) is 2.41. The Morgan fingerprint density at radius 2 is 2.40 bits per heavy atom. The van der Waals surface area contributed by atoms with Crippen molar-refractivity contribution in [3.05, 3.63) is 36.3 Å². The lowest BCUT2D eigenvalue weighted by Crippen LogP contribution is -1.72. The van der Waals surface area contributed by atoms with E-state index in [4.69, 9.17) is 4.42 Å². The Balaban J connectivity index is 2.34. The van der Waals surface area contributed by atoms with Crippen LogP contribution in [-0.2, 0) is 6.42 Å². The Hall–Kier alpha value is -0.980. The Morgan fingerprint density at radius 3 is 3.00 bits per heavy atom. The molecule has 0 fully saturated rings. The molecule has 1 nitrogen and oxygen atoms in total. The Labute approximate surface area is 61.4 Å². The van der Waals surface area contributed by atoms with E-state index in [1.165, 1.54) is 0 Å². The largest absolute Gasteiger partial charge is 0.469 e. The van der Waals surface area contributed by atoms with Crippen LogP contribution in [0.5, 0.6) is 0 Å². The molecule has 1 heterocycles. The van der Waals surface area contributed by atoms with Crippen molar-refractivity contribution in [3.8, 4) is 0 Å². The standard InChI is InChI=1S/C9H12O/c1-2-3-4-6-9-7-5-8-10-9/h3-5,7-8H,2,6H2,1H3/b4-3+. The minimum atomic E-state index is 0.918. The van der Waals surface area contributed by atoms with E-state index < -0.39 is 0 Å². The second-order valence-electron chi connectivity index (χ2n) is 2.16. The first kappa shape index (κ1) is 7.13. The molecule has 0 aromatic carbocycles. The highest BCUT2D eigenvalue weighted by Gasteiger charge is 1.87. The third-order valence-electron chi connectivity index (χ3n) is 1.30. The number of rotatable bonds is 3. The predicted octanol–water partition coefficient (Wildman–Crippen LogP) is 2.79. The van der Waals surface area contributed by atoms with Gasteiger partial charge in [0.15, 0.2) is 0 Å². The van der Waals surface area contributed by atoms with Crippen LogP contribution in [-0.4, -0.2) is 0 Å². The van der Waals surface area contributed by atoms with E-state index in [1.807, 2.05) is 12.1 Å². The summed E-state index contributed by atoms with van der Waals surface area (Å²) in [6.07, 6.45) is 7.98. The summed E-state index contributed by atoms with van der Waals surface area (Å²) in [4.78, 5) is 0.